The van der Waals surface area contributed by atoms with Crippen LogP contribution in [0.15, 0.2) is 10.5 Å². The Hall–Kier alpha value is -0.620. The predicted octanol–water partition coefficient (Wildman–Crippen LogP) is 4.43. The van der Waals surface area contributed by atoms with Crippen molar-refractivity contribution in [1.29, 1.82) is 0 Å². The number of nitrogens with one attached hydrogen (secondary N) is 1. The van der Waals surface area contributed by atoms with Gasteiger partial charge in [-0.25, -0.2) is 0 Å². The highest BCUT2D eigenvalue weighted by Crippen LogP contribution is 2.37. The van der Waals surface area contributed by atoms with Gasteiger partial charge in [0.05, 0.1) is 9.90 Å². The van der Waals surface area contributed by atoms with Gasteiger partial charge in [0.2, 0.25) is 11.8 Å². The molecular weight excluding hydrogens is 317 g/mol. The fourth-order valence-corrected chi connectivity index (χ4v) is 3.10. The molecule has 0 fully saturated rings. The van der Waals surface area contributed by atoms with Crippen LogP contribution in [0.25, 0.3) is 11.5 Å². The first kappa shape index (κ1) is 15.8. The molecule has 2 aromatic rings. The topological polar surface area (TPSA) is 51.0 Å². The smallest absolute Gasteiger partial charge is 0.250 e. The second kappa shape index (κ2) is 6.43. The number of aromatic nitrogens is 2. The second-order valence-electron chi connectivity index (χ2n) is 5.52. The summed E-state index contributed by atoms with van der Waals surface area (Å²) in [6.45, 7) is 7.33. The van der Waals surface area contributed by atoms with E-state index in [1.54, 1.807) is 6.07 Å². The molecule has 0 radical (unpaired) electrons. The maximum absolute atomic E-state index is 6.06. The Morgan fingerprint density at radius 3 is 2.65 bits per heavy atom. The summed E-state index contributed by atoms with van der Waals surface area (Å²) >= 11 is 13.3. The average molecular weight is 334 g/mol. The van der Waals surface area contributed by atoms with Crippen molar-refractivity contribution in [2.75, 3.05) is 6.54 Å². The van der Waals surface area contributed by atoms with E-state index in [1.165, 1.54) is 11.3 Å². The minimum Gasteiger partial charge on any atom is -0.421 e. The molecule has 0 aromatic carbocycles. The molecule has 0 amide bonds. The Balaban J connectivity index is 1.91. The van der Waals surface area contributed by atoms with E-state index in [1.807, 2.05) is 0 Å². The minimum absolute atomic E-state index is 0.126. The van der Waals surface area contributed by atoms with Crippen LogP contribution in [-0.4, -0.2) is 22.3 Å². The summed E-state index contributed by atoms with van der Waals surface area (Å²) in [6, 6.07) is 1.74. The highest BCUT2D eigenvalue weighted by Gasteiger charge is 2.15. The molecule has 0 bridgehead atoms. The van der Waals surface area contributed by atoms with Crippen LogP contribution in [0, 0.1) is 0 Å². The van der Waals surface area contributed by atoms with E-state index in [4.69, 9.17) is 27.6 Å². The number of nitrogens with zero attached hydrogens (tertiary/aromatic N) is 2. The van der Waals surface area contributed by atoms with E-state index in [-0.39, 0.29) is 5.54 Å². The molecule has 0 aliphatic carbocycles. The third kappa shape index (κ3) is 4.45. The number of thiophene rings is 1. The van der Waals surface area contributed by atoms with Gasteiger partial charge in [-0.1, -0.05) is 23.2 Å². The van der Waals surface area contributed by atoms with Crippen LogP contribution >= 0.6 is 34.5 Å². The standard InChI is InChI=1S/C13H17Cl2N3OS/c1-13(2,3)16-6-4-5-10-17-18-12(19-10)8-7-9(14)20-11(8)15/h7,16H,4-6H2,1-3H3. The lowest BCUT2D eigenvalue weighted by Gasteiger charge is -2.19. The molecule has 2 rings (SSSR count). The van der Waals surface area contributed by atoms with Gasteiger partial charge in [0.1, 0.15) is 4.34 Å². The first-order valence-electron chi connectivity index (χ1n) is 6.38. The lowest BCUT2D eigenvalue weighted by molar-refractivity contribution is 0.413. The maximum Gasteiger partial charge on any atom is 0.250 e. The van der Waals surface area contributed by atoms with Crippen molar-refractivity contribution in [3.8, 4) is 11.5 Å². The molecule has 110 valence electrons. The van der Waals surface area contributed by atoms with Crippen molar-refractivity contribution in [3.05, 3.63) is 20.6 Å². The minimum atomic E-state index is 0.126. The van der Waals surface area contributed by atoms with Crippen molar-refractivity contribution < 1.29 is 4.42 Å². The highest BCUT2D eigenvalue weighted by atomic mass is 35.5. The van der Waals surface area contributed by atoms with Gasteiger partial charge in [0.15, 0.2) is 0 Å². The molecule has 2 aromatic heterocycles. The molecular formula is C13H17Cl2N3OS. The van der Waals surface area contributed by atoms with Gasteiger partial charge >= 0.3 is 0 Å². The molecule has 0 unspecified atom stereocenters. The largest absolute Gasteiger partial charge is 0.421 e. The molecule has 20 heavy (non-hydrogen) atoms. The normalized spacial score (nSPS) is 12.1. The number of halogens is 2. The molecule has 4 nitrogen and oxygen atoms in total. The average Bonchev–Trinajstić information content (AvgIpc) is 2.90. The Labute approximate surface area is 132 Å². The lowest BCUT2D eigenvalue weighted by Crippen LogP contribution is -2.36. The van der Waals surface area contributed by atoms with E-state index >= 15 is 0 Å². The maximum atomic E-state index is 6.06. The van der Waals surface area contributed by atoms with Crippen LogP contribution in [0.3, 0.4) is 0 Å². The molecule has 2 heterocycles. The Bertz CT molecular complexity index is 574. The summed E-state index contributed by atoms with van der Waals surface area (Å²) in [6.07, 6.45) is 1.68. The predicted molar refractivity (Wildman–Crippen MR) is 83.7 cm³/mol. The zero-order valence-electron chi connectivity index (χ0n) is 11.7. The molecule has 0 saturated carbocycles. The molecule has 0 aliphatic heterocycles. The molecule has 1 N–H and O–H groups in total. The van der Waals surface area contributed by atoms with Crippen molar-refractivity contribution in [1.82, 2.24) is 15.5 Å². The Morgan fingerprint density at radius 1 is 1.30 bits per heavy atom. The monoisotopic (exact) mass is 333 g/mol. The van der Waals surface area contributed by atoms with Gasteiger partial charge in [0.25, 0.3) is 0 Å². The van der Waals surface area contributed by atoms with E-state index in [0.29, 0.717) is 26.0 Å². The van der Waals surface area contributed by atoms with Crippen LogP contribution in [0.4, 0.5) is 0 Å². The van der Waals surface area contributed by atoms with Crippen molar-refractivity contribution in [2.24, 2.45) is 0 Å². The fraction of sp³-hybridized carbons (Fsp3) is 0.538. The van der Waals surface area contributed by atoms with E-state index in [0.717, 1.165) is 19.4 Å². The summed E-state index contributed by atoms with van der Waals surface area (Å²) in [5.41, 5.74) is 0.828. The van der Waals surface area contributed by atoms with Crippen LogP contribution in [0.5, 0.6) is 0 Å². The highest BCUT2D eigenvalue weighted by molar-refractivity contribution is 7.20. The van der Waals surface area contributed by atoms with E-state index in [2.05, 4.69) is 36.3 Å². The van der Waals surface area contributed by atoms with Gasteiger partial charge in [-0.2, -0.15) is 0 Å². The summed E-state index contributed by atoms with van der Waals surface area (Å²) < 4.78 is 6.79. The van der Waals surface area contributed by atoms with Crippen molar-refractivity contribution >= 4 is 34.5 Å². The summed E-state index contributed by atoms with van der Waals surface area (Å²) in [7, 11) is 0. The summed E-state index contributed by atoms with van der Waals surface area (Å²) in [5.74, 6) is 1.05. The quantitative estimate of drug-likeness (QED) is 0.822. The summed E-state index contributed by atoms with van der Waals surface area (Å²) in [4.78, 5) is 0. The van der Waals surface area contributed by atoms with Gasteiger partial charge in [-0.05, 0) is 39.8 Å². The zero-order valence-corrected chi connectivity index (χ0v) is 14.0. The van der Waals surface area contributed by atoms with Crippen LogP contribution in [-0.2, 0) is 6.42 Å². The van der Waals surface area contributed by atoms with Crippen LogP contribution in [0.2, 0.25) is 8.67 Å². The lowest BCUT2D eigenvalue weighted by atomic mass is 10.1. The van der Waals surface area contributed by atoms with Crippen molar-refractivity contribution in [3.63, 3.8) is 0 Å². The molecule has 0 saturated heterocycles. The number of aryl methyl sites for hydroxylation is 1. The van der Waals surface area contributed by atoms with E-state index < -0.39 is 0 Å². The fourth-order valence-electron chi connectivity index (χ4n) is 1.65. The first-order valence-corrected chi connectivity index (χ1v) is 7.95. The van der Waals surface area contributed by atoms with Gasteiger partial charge in [-0.15, -0.1) is 21.5 Å². The Kier molecular flexibility index (Phi) is 5.07. The van der Waals surface area contributed by atoms with Gasteiger partial charge in [0, 0.05) is 12.0 Å². The van der Waals surface area contributed by atoms with Gasteiger partial charge in [-0.3, -0.25) is 0 Å². The SMILES string of the molecule is CC(C)(C)NCCCc1nnc(-c2cc(Cl)sc2Cl)o1. The van der Waals surface area contributed by atoms with Crippen LogP contribution < -0.4 is 5.32 Å². The molecule has 7 heteroatoms. The third-order valence-electron chi connectivity index (χ3n) is 2.58. The van der Waals surface area contributed by atoms with E-state index in [9.17, 15) is 0 Å². The van der Waals surface area contributed by atoms with Gasteiger partial charge < -0.3 is 9.73 Å². The number of hydrogen-bond donors (Lipinski definition) is 1. The second-order valence-corrected chi connectivity index (χ2v) is 7.80. The first-order chi connectivity index (χ1) is 9.35. The molecule has 0 spiro atoms. The molecule has 0 aliphatic rings. The number of hydrogen-bond acceptors (Lipinski definition) is 5. The third-order valence-corrected chi connectivity index (χ3v) is 4.06. The molecule has 0 atom stereocenters. The zero-order chi connectivity index (χ0) is 14.8. The Morgan fingerprint density at radius 2 is 2.05 bits per heavy atom. The van der Waals surface area contributed by atoms with Crippen LogP contribution in [0.1, 0.15) is 33.1 Å². The van der Waals surface area contributed by atoms with Crippen molar-refractivity contribution in [2.45, 2.75) is 39.2 Å². The number of rotatable bonds is 5. The summed E-state index contributed by atoms with van der Waals surface area (Å²) in [5, 5.41) is 11.5.